The van der Waals surface area contributed by atoms with Crippen LogP contribution >= 0.6 is 11.3 Å². The molecule has 0 bridgehead atoms. The van der Waals surface area contributed by atoms with Gasteiger partial charge in [-0.15, -0.1) is 11.3 Å². The SMILES string of the molecule is CC[S+]([O-])C(C)OC(=O)C(=NOCC(=O)OC(C)(C)C)c1csc(N)n1. The smallest absolute Gasteiger partial charge is 0.366 e. The number of nitrogen functional groups attached to an aromatic ring is 1. The van der Waals surface area contributed by atoms with Crippen molar-refractivity contribution in [3.05, 3.63) is 11.1 Å². The molecule has 0 saturated heterocycles. The lowest BCUT2D eigenvalue weighted by Gasteiger charge is -2.19. The summed E-state index contributed by atoms with van der Waals surface area (Å²) in [6.45, 7) is 7.86. The van der Waals surface area contributed by atoms with Crippen LogP contribution in [-0.2, 0) is 35.1 Å². The summed E-state index contributed by atoms with van der Waals surface area (Å²) < 4.78 is 21.9. The summed E-state index contributed by atoms with van der Waals surface area (Å²) in [4.78, 5) is 32.9. The number of hydrogen-bond donors (Lipinski definition) is 1. The fourth-order valence-corrected chi connectivity index (χ4v) is 2.81. The van der Waals surface area contributed by atoms with Crippen LogP contribution in [0.25, 0.3) is 0 Å². The summed E-state index contributed by atoms with van der Waals surface area (Å²) in [6, 6.07) is 0. The number of rotatable bonds is 8. The molecule has 1 aromatic rings. The van der Waals surface area contributed by atoms with Crippen molar-refractivity contribution in [2.45, 2.75) is 45.7 Å². The maximum Gasteiger partial charge on any atom is 0.366 e. The molecule has 2 unspecified atom stereocenters. The normalized spacial score (nSPS) is 14.5. The molecule has 1 aromatic heterocycles. The van der Waals surface area contributed by atoms with Crippen molar-refractivity contribution in [1.29, 1.82) is 0 Å². The average molecular weight is 405 g/mol. The van der Waals surface area contributed by atoms with Crippen molar-refractivity contribution in [1.82, 2.24) is 4.98 Å². The van der Waals surface area contributed by atoms with Gasteiger partial charge in [-0.3, -0.25) is 0 Å². The molecule has 0 amide bonds. The molecule has 0 fully saturated rings. The van der Waals surface area contributed by atoms with Gasteiger partial charge in [-0.2, -0.15) is 0 Å². The van der Waals surface area contributed by atoms with Gasteiger partial charge < -0.3 is 24.6 Å². The predicted octanol–water partition coefficient (Wildman–Crippen LogP) is 1.45. The van der Waals surface area contributed by atoms with Crippen LogP contribution in [0.4, 0.5) is 5.13 Å². The molecule has 0 aliphatic carbocycles. The summed E-state index contributed by atoms with van der Waals surface area (Å²) >= 11 is -0.242. The lowest BCUT2D eigenvalue weighted by molar-refractivity contribution is -0.160. The number of carbonyl (C=O) groups excluding carboxylic acids is 2. The Morgan fingerprint density at radius 3 is 2.62 bits per heavy atom. The molecule has 0 aliphatic heterocycles. The Morgan fingerprint density at radius 1 is 1.46 bits per heavy atom. The fraction of sp³-hybridized carbons (Fsp3) is 0.600. The third-order valence-corrected chi connectivity index (χ3v) is 4.72. The number of thiazole rings is 1. The number of nitrogens with zero attached hydrogens (tertiary/aromatic N) is 2. The predicted molar refractivity (Wildman–Crippen MR) is 99.1 cm³/mol. The maximum atomic E-state index is 12.3. The number of esters is 2. The quantitative estimate of drug-likeness (QED) is 0.297. The minimum atomic E-state index is -1.34. The highest BCUT2D eigenvalue weighted by Crippen LogP contribution is 2.14. The molecule has 26 heavy (non-hydrogen) atoms. The summed E-state index contributed by atoms with van der Waals surface area (Å²) in [5.41, 5.74) is 3.92. The van der Waals surface area contributed by atoms with Crippen LogP contribution in [-0.4, -0.2) is 50.6 Å². The van der Waals surface area contributed by atoms with Crippen LogP contribution < -0.4 is 5.73 Å². The molecule has 0 aromatic carbocycles. The largest absolute Gasteiger partial charge is 0.613 e. The first kappa shape index (κ1) is 22.2. The summed E-state index contributed by atoms with van der Waals surface area (Å²) in [5, 5.41) is 5.36. The van der Waals surface area contributed by atoms with Crippen molar-refractivity contribution in [3.8, 4) is 0 Å². The van der Waals surface area contributed by atoms with Gasteiger partial charge in [-0.1, -0.05) is 5.16 Å². The van der Waals surface area contributed by atoms with E-state index in [0.717, 1.165) is 11.3 Å². The maximum absolute atomic E-state index is 12.3. The third-order valence-electron chi connectivity index (χ3n) is 2.64. The number of aromatic nitrogens is 1. The van der Waals surface area contributed by atoms with Crippen molar-refractivity contribution in [2.75, 3.05) is 18.1 Å². The van der Waals surface area contributed by atoms with Crippen LogP contribution in [0.3, 0.4) is 0 Å². The minimum Gasteiger partial charge on any atom is -0.613 e. The van der Waals surface area contributed by atoms with Gasteiger partial charge >= 0.3 is 11.9 Å². The summed E-state index contributed by atoms with van der Waals surface area (Å²) in [5.74, 6) is -1.19. The van der Waals surface area contributed by atoms with Gasteiger partial charge in [0, 0.05) is 12.3 Å². The molecule has 2 atom stereocenters. The Labute approximate surface area is 159 Å². The highest BCUT2D eigenvalue weighted by molar-refractivity contribution is 7.91. The van der Waals surface area contributed by atoms with Crippen molar-refractivity contribution in [2.24, 2.45) is 5.16 Å². The van der Waals surface area contributed by atoms with Crippen LogP contribution in [0.1, 0.15) is 40.3 Å². The number of oxime groups is 1. The van der Waals surface area contributed by atoms with E-state index in [4.69, 9.17) is 20.0 Å². The van der Waals surface area contributed by atoms with Crippen molar-refractivity contribution < 1.29 is 28.5 Å². The zero-order valence-corrected chi connectivity index (χ0v) is 16.9. The molecule has 9 nitrogen and oxygen atoms in total. The van der Waals surface area contributed by atoms with Crippen molar-refractivity contribution in [3.63, 3.8) is 0 Å². The van der Waals surface area contributed by atoms with E-state index >= 15 is 0 Å². The molecule has 0 radical (unpaired) electrons. The Morgan fingerprint density at radius 2 is 2.12 bits per heavy atom. The second-order valence-corrected chi connectivity index (χ2v) is 8.91. The Kier molecular flexibility index (Phi) is 8.31. The van der Waals surface area contributed by atoms with E-state index in [0.29, 0.717) is 5.75 Å². The zero-order valence-electron chi connectivity index (χ0n) is 15.3. The van der Waals surface area contributed by atoms with Crippen molar-refractivity contribution >= 4 is 45.3 Å². The molecule has 1 rings (SSSR count). The first-order valence-electron chi connectivity index (χ1n) is 7.74. The van der Waals surface area contributed by atoms with E-state index in [2.05, 4.69) is 10.1 Å². The van der Waals surface area contributed by atoms with E-state index in [-0.39, 0.29) is 16.5 Å². The first-order valence-corrected chi connectivity index (χ1v) is 10.0. The standard InChI is InChI=1S/C15H23N3O6S2/c1-6-26(21)9(2)23-13(20)12(10-8-25-14(16)17-10)18-22-7-11(19)24-15(3,4)5/h8-9H,6-7H2,1-5H3,(H2,16,17). The molecule has 146 valence electrons. The first-order chi connectivity index (χ1) is 12.0. The van der Waals surface area contributed by atoms with Gasteiger partial charge in [0.15, 0.2) is 5.13 Å². The molecule has 2 N–H and O–H groups in total. The minimum absolute atomic E-state index is 0.135. The topological polar surface area (TPSA) is 136 Å². The Balaban J connectivity index is 2.85. The zero-order chi connectivity index (χ0) is 19.9. The fourth-order valence-electron chi connectivity index (χ4n) is 1.60. The van der Waals surface area contributed by atoms with E-state index < -0.39 is 40.8 Å². The van der Waals surface area contributed by atoms with Gasteiger partial charge in [0.25, 0.3) is 5.44 Å². The number of anilines is 1. The molecule has 0 saturated carbocycles. The number of carbonyl (C=O) groups is 2. The highest BCUT2D eigenvalue weighted by atomic mass is 32.2. The third kappa shape index (κ3) is 7.58. The second-order valence-electron chi connectivity index (χ2n) is 6.01. The Bertz CT molecular complexity index is 656. The van der Waals surface area contributed by atoms with E-state index in [1.54, 1.807) is 27.7 Å². The number of hydrogen-bond acceptors (Lipinski definition) is 10. The molecule has 1 heterocycles. The lowest BCUT2D eigenvalue weighted by atomic mass is 10.2. The van der Waals surface area contributed by atoms with Gasteiger partial charge in [-0.25, -0.2) is 14.6 Å². The monoisotopic (exact) mass is 405 g/mol. The van der Waals surface area contributed by atoms with E-state index in [1.165, 1.54) is 12.3 Å². The number of nitrogens with two attached hydrogens (primary N) is 1. The van der Waals surface area contributed by atoms with Gasteiger partial charge in [-0.05, 0) is 38.9 Å². The lowest BCUT2D eigenvalue weighted by Crippen LogP contribution is -2.30. The molecular weight excluding hydrogens is 382 g/mol. The molecule has 0 aliphatic rings. The summed E-state index contributed by atoms with van der Waals surface area (Å²) in [7, 11) is 0. The Hall–Kier alpha value is -1.85. The van der Waals surface area contributed by atoms with Crippen LogP contribution in [0.15, 0.2) is 10.5 Å². The van der Waals surface area contributed by atoms with Crippen LogP contribution in [0.2, 0.25) is 0 Å². The molecule has 0 spiro atoms. The molecule has 11 heteroatoms. The highest BCUT2D eigenvalue weighted by Gasteiger charge is 2.26. The molecular formula is C15H23N3O6S2. The van der Waals surface area contributed by atoms with E-state index in [9.17, 15) is 14.1 Å². The van der Waals surface area contributed by atoms with Crippen LogP contribution in [0.5, 0.6) is 0 Å². The van der Waals surface area contributed by atoms with Gasteiger partial charge in [0.1, 0.15) is 17.0 Å². The average Bonchev–Trinajstić information content (AvgIpc) is 2.94. The number of ether oxygens (including phenoxy) is 2. The second kappa shape index (κ2) is 9.74. The van der Waals surface area contributed by atoms with Gasteiger partial charge in [0.05, 0.1) is 0 Å². The van der Waals surface area contributed by atoms with Crippen LogP contribution in [0, 0.1) is 0 Å². The summed E-state index contributed by atoms with van der Waals surface area (Å²) in [6.07, 6.45) is 0. The van der Waals surface area contributed by atoms with Gasteiger partial charge in [0.2, 0.25) is 12.3 Å². The van der Waals surface area contributed by atoms with E-state index in [1.807, 2.05) is 0 Å².